The summed E-state index contributed by atoms with van der Waals surface area (Å²) < 4.78 is 17.9. The highest BCUT2D eigenvalue weighted by molar-refractivity contribution is 5.60. The third-order valence-corrected chi connectivity index (χ3v) is 1.77. The average Bonchev–Trinajstić information content (AvgIpc) is 2.67. The summed E-state index contributed by atoms with van der Waals surface area (Å²) in [4.78, 5) is 0. The zero-order chi connectivity index (χ0) is 9.97. The second kappa shape index (κ2) is 3.30. The first-order valence-electron chi connectivity index (χ1n) is 3.93. The van der Waals surface area contributed by atoms with Crippen LogP contribution in [0.4, 0.5) is 4.39 Å². The number of nitrogens with zero attached hydrogens (tertiary/aromatic N) is 2. The van der Waals surface area contributed by atoms with Crippen molar-refractivity contribution in [3.8, 4) is 17.3 Å². The maximum atomic E-state index is 13.2. The van der Waals surface area contributed by atoms with E-state index in [9.17, 15) is 4.39 Å². The molecule has 0 spiro atoms. The van der Waals surface area contributed by atoms with E-state index in [0.29, 0.717) is 11.3 Å². The molecule has 0 saturated heterocycles. The Balaban J connectivity index is 2.51. The van der Waals surface area contributed by atoms with E-state index in [4.69, 9.17) is 5.26 Å². The van der Waals surface area contributed by atoms with Crippen LogP contribution in [0.3, 0.4) is 0 Å². The third kappa shape index (κ3) is 1.36. The fraction of sp³-hybridized carbons (Fsp3) is 0. The molecule has 0 radical (unpaired) electrons. The van der Waals surface area contributed by atoms with E-state index >= 15 is 0 Å². The van der Waals surface area contributed by atoms with Gasteiger partial charge in [0.05, 0.1) is 0 Å². The maximum Gasteiger partial charge on any atom is 0.236 e. The second-order valence-corrected chi connectivity index (χ2v) is 2.67. The Morgan fingerprint density at radius 3 is 2.79 bits per heavy atom. The van der Waals surface area contributed by atoms with Gasteiger partial charge in [-0.2, -0.15) is 5.26 Å². The number of halogens is 1. The largest absolute Gasteiger partial charge is 0.345 e. The molecule has 0 bridgehead atoms. The Bertz CT molecular complexity index is 499. The van der Waals surface area contributed by atoms with Gasteiger partial charge in [-0.15, -0.1) is 0 Å². The summed E-state index contributed by atoms with van der Waals surface area (Å²) in [6.45, 7) is 0. The molecule has 1 heterocycles. The van der Waals surface area contributed by atoms with Gasteiger partial charge in [0.15, 0.2) is 0 Å². The van der Waals surface area contributed by atoms with Gasteiger partial charge in [-0.25, -0.2) is 4.39 Å². The lowest BCUT2D eigenvalue weighted by Crippen LogP contribution is -1.82. The zero-order valence-corrected chi connectivity index (χ0v) is 7.07. The van der Waals surface area contributed by atoms with Crippen LogP contribution in [0.25, 0.3) is 11.3 Å². The van der Waals surface area contributed by atoms with Gasteiger partial charge in [0.1, 0.15) is 17.6 Å². The minimum atomic E-state index is -0.384. The molecule has 0 N–H and O–H groups in total. The highest BCUT2D eigenvalue weighted by atomic mass is 19.1. The van der Waals surface area contributed by atoms with Crippen LogP contribution in [0.15, 0.2) is 34.9 Å². The van der Waals surface area contributed by atoms with Crippen molar-refractivity contribution in [3.63, 3.8) is 0 Å². The molecule has 0 atom stereocenters. The maximum absolute atomic E-state index is 13.2. The van der Waals surface area contributed by atoms with E-state index in [1.165, 1.54) is 12.1 Å². The summed E-state index contributed by atoms with van der Waals surface area (Å²) in [5.41, 5.74) is 0.664. The first-order valence-corrected chi connectivity index (χ1v) is 3.93. The van der Waals surface area contributed by atoms with Crippen molar-refractivity contribution >= 4 is 0 Å². The summed E-state index contributed by atoms with van der Waals surface area (Å²) in [6.07, 6.45) is 0. The molecule has 2 rings (SSSR count). The monoisotopic (exact) mass is 188 g/mol. The van der Waals surface area contributed by atoms with Crippen molar-refractivity contribution < 1.29 is 8.91 Å². The molecule has 1 aromatic heterocycles. The van der Waals surface area contributed by atoms with Gasteiger partial charge in [0.25, 0.3) is 0 Å². The first-order chi connectivity index (χ1) is 6.81. The average molecular weight is 188 g/mol. The van der Waals surface area contributed by atoms with Gasteiger partial charge in [0, 0.05) is 11.6 Å². The van der Waals surface area contributed by atoms with E-state index in [1.807, 2.05) is 0 Å². The van der Waals surface area contributed by atoms with Crippen LogP contribution >= 0.6 is 0 Å². The molecule has 0 saturated carbocycles. The van der Waals surface area contributed by atoms with Crippen LogP contribution in [0, 0.1) is 17.1 Å². The minimum absolute atomic E-state index is 0.0725. The molecular formula is C10H5FN2O. The second-order valence-electron chi connectivity index (χ2n) is 2.67. The van der Waals surface area contributed by atoms with Gasteiger partial charge in [-0.1, -0.05) is 17.3 Å². The molecular weight excluding hydrogens is 183 g/mol. The van der Waals surface area contributed by atoms with E-state index in [0.717, 1.165) is 0 Å². The fourth-order valence-corrected chi connectivity index (χ4v) is 1.12. The topological polar surface area (TPSA) is 49.8 Å². The number of rotatable bonds is 1. The third-order valence-electron chi connectivity index (χ3n) is 1.77. The Morgan fingerprint density at radius 2 is 2.14 bits per heavy atom. The van der Waals surface area contributed by atoms with Crippen molar-refractivity contribution in [3.05, 3.63) is 41.9 Å². The number of nitriles is 1. The minimum Gasteiger partial charge on any atom is -0.345 e. The van der Waals surface area contributed by atoms with Gasteiger partial charge in [0.2, 0.25) is 5.76 Å². The van der Waals surface area contributed by atoms with Crippen LogP contribution in [-0.2, 0) is 0 Å². The normalized spacial score (nSPS) is 9.71. The van der Waals surface area contributed by atoms with Crippen LogP contribution in [0.1, 0.15) is 5.76 Å². The summed E-state index contributed by atoms with van der Waals surface area (Å²) in [6, 6.07) is 9.37. The molecule has 0 unspecified atom stereocenters. The number of benzene rings is 1. The van der Waals surface area contributed by atoms with Crippen molar-refractivity contribution in [2.45, 2.75) is 0 Å². The fourth-order valence-electron chi connectivity index (χ4n) is 1.12. The smallest absolute Gasteiger partial charge is 0.236 e. The summed E-state index contributed by atoms with van der Waals surface area (Å²) >= 11 is 0. The SMILES string of the molecule is N#Cc1cc(-c2ccccc2F)no1. The molecule has 68 valence electrons. The molecule has 0 aliphatic rings. The zero-order valence-electron chi connectivity index (χ0n) is 7.07. The Morgan fingerprint density at radius 1 is 1.36 bits per heavy atom. The number of aromatic nitrogens is 1. The molecule has 4 heteroatoms. The molecule has 0 amide bonds. The van der Waals surface area contributed by atoms with E-state index in [2.05, 4.69) is 9.68 Å². The molecule has 1 aromatic carbocycles. The molecule has 14 heavy (non-hydrogen) atoms. The standard InChI is InChI=1S/C10H5FN2O/c11-9-4-2-1-3-8(9)10-5-7(6-12)14-13-10/h1-5H. The van der Waals surface area contributed by atoms with E-state index in [-0.39, 0.29) is 11.6 Å². The van der Waals surface area contributed by atoms with Gasteiger partial charge in [-0.05, 0) is 12.1 Å². The van der Waals surface area contributed by atoms with Crippen LogP contribution in [0.5, 0.6) is 0 Å². The van der Waals surface area contributed by atoms with Crippen LogP contribution in [0.2, 0.25) is 0 Å². The lowest BCUT2D eigenvalue weighted by atomic mass is 10.1. The van der Waals surface area contributed by atoms with E-state index < -0.39 is 0 Å². The molecule has 0 aliphatic carbocycles. The molecule has 3 nitrogen and oxygen atoms in total. The quantitative estimate of drug-likeness (QED) is 0.690. The predicted octanol–water partition coefficient (Wildman–Crippen LogP) is 2.35. The Labute approximate surface area is 79.4 Å². The van der Waals surface area contributed by atoms with Crippen molar-refractivity contribution in [2.75, 3.05) is 0 Å². The van der Waals surface area contributed by atoms with Gasteiger partial charge >= 0.3 is 0 Å². The van der Waals surface area contributed by atoms with Crippen LogP contribution in [-0.4, -0.2) is 5.16 Å². The van der Waals surface area contributed by atoms with Gasteiger partial charge < -0.3 is 4.52 Å². The van der Waals surface area contributed by atoms with Gasteiger partial charge in [-0.3, -0.25) is 0 Å². The highest BCUT2D eigenvalue weighted by Gasteiger charge is 2.09. The molecule has 0 aliphatic heterocycles. The van der Waals surface area contributed by atoms with Crippen molar-refractivity contribution in [1.29, 1.82) is 5.26 Å². The number of hydrogen-bond acceptors (Lipinski definition) is 3. The van der Waals surface area contributed by atoms with Crippen molar-refractivity contribution in [1.82, 2.24) is 5.16 Å². The molecule has 2 aromatic rings. The predicted molar refractivity (Wildman–Crippen MR) is 46.6 cm³/mol. The summed E-state index contributed by atoms with van der Waals surface area (Å²) in [7, 11) is 0. The van der Waals surface area contributed by atoms with Crippen molar-refractivity contribution in [2.24, 2.45) is 0 Å². The Kier molecular flexibility index (Phi) is 1.99. The lowest BCUT2D eigenvalue weighted by Gasteiger charge is -1.95. The highest BCUT2D eigenvalue weighted by Crippen LogP contribution is 2.21. The first kappa shape index (κ1) is 8.45. The number of hydrogen-bond donors (Lipinski definition) is 0. The Hall–Kier alpha value is -2.15. The lowest BCUT2D eigenvalue weighted by molar-refractivity contribution is 0.412. The summed E-state index contributed by atoms with van der Waals surface area (Å²) in [5, 5.41) is 12.1. The van der Waals surface area contributed by atoms with E-state index in [1.54, 1.807) is 24.3 Å². The molecule has 0 fully saturated rings. The summed E-state index contributed by atoms with van der Waals surface area (Å²) in [5.74, 6) is -0.312. The van der Waals surface area contributed by atoms with Crippen LogP contribution < -0.4 is 0 Å².